The summed E-state index contributed by atoms with van der Waals surface area (Å²) in [5.74, 6) is 0.796. The Morgan fingerprint density at radius 2 is 1.50 bits per heavy atom. The van der Waals surface area contributed by atoms with E-state index in [9.17, 15) is 19.2 Å². The Hall–Kier alpha value is -3.92. The van der Waals surface area contributed by atoms with Gasteiger partial charge in [-0.3, -0.25) is 19.4 Å². The zero-order valence-corrected chi connectivity index (χ0v) is 30.7. The Morgan fingerprint density at radius 1 is 0.840 bits per heavy atom. The van der Waals surface area contributed by atoms with Crippen LogP contribution in [-0.2, 0) is 16.6 Å². The maximum atomic E-state index is 14.0. The van der Waals surface area contributed by atoms with Gasteiger partial charge in [-0.15, -0.1) is 11.3 Å². The van der Waals surface area contributed by atoms with Gasteiger partial charge in [0.2, 0.25) is 5.91 Å². The number of hydrogen-bond acceptors (Lipinski definition) is 5. The fourth-order valence-corrected chi connectivity index (χ4v) is 10.2. The van der Waals surface area contributed by atoms with Crippen molar-refractivity contribution in [1.29, 1.82) is 0 Å². The summed E-state index contributed by atoms with van der Waals surface area (Å²) in [5.41, 5.74) is 4.45. The SMILES string of the molecule is Cc1cc(C)cc(-c2[nH]c3sc(C(C)(C)C(=O)N4C5CCC4CC5)cc3c2CCC2CCCCC(CNC(=O)c3cc(=O)[nH]c(=O)[nH]3)CC2)c1. The molecule has 1 aliphatic carbocycles. The highest BCUT2D eigenvalue weighted by atomic mass is 32.1. The fourth-order valence-electron chi connectivity index (χ4n) is 9.03. The molecule has 0 radical (unpaired) electrons. The number of thiophene rings is 1. The molecule has 7 rings (SSSR count). The standard InChI is InChI=1S/C40H51N5O4S/c1-23-17-24(2)19-27(18-23)35-30(31-20-33(50-37(31)44-35)40(3,4)38(48)45-28-12-13-29(45)15-14-28)16-11-25-7-5-6-8-26(10-9-25)22-41-36(47)32-21-34(46)43-39(49)42-32/h17-21,25-26,28-29,44H,5-16,22H2,1-4H3,(H,41,47)(H2,42,43,46,49). The summed E-state index contributed by atoms with van der Waals surface area (Å²) in [6.45, 7) is 9.08. The number of carbonyl (C=O) groups is 2. The Morgan fingerprint density at radius 3 is 2.18 bits per heavy atom. The van der Waals surface area contributed by atoms with Crippen molar-refractivity contribution < 1.29 is 9.59 Å². The van der Waals surface area contributed by atoms with Crippen molar-refractivity contribution in [3.8, 4) is 11.3 Å². The molecule has 1 aromatic carbocycles. The lowest BCUT2D eigenvalue weighted by molar-refractivity contribution is -0.137. The van der Waals surface area contributed by atoms with Crippen LogP contribution < -0.4 is 16.6 Å². The third-order valence-corrected chi connectivity index (χ3v) is 13.1. The summed E-state index contributed by atoms with van der Waals surface area (Å²) in [6, 6.07) is 11.1. The molecule has 3 fully saturated rings. The monoisotopic (exact) mass is 697 g/mol. The van der Waals surface area contributed by atoms with E-state index in [0.29, 0.717) is 30.5 Å². The molecule has 9 nitrogen and oxygen atoms in total. The van der Waals surface area contributed by atoms with Crippen LogP contribution in [0.1, 0.15) is 117 Å². The van der Waals surface area contributed by atoms with Crippen LogP contribution in [0.15, 0.2) is 39.9 Å². The van der Waals surface area contributed by atoms with Gasteiger partial charge in [-0.2, -0.15) is 0 Å². The van der Waals surface area contributed by atoms with E-state index in [1.54, 1.807) is 11.3 Å². The van der Waals surface area contributed by atoms with Crippen molar-refractivity contribution in [1.82, 2.24) is 25.2 Å². The maximum absolute atomic E-state index is 14.0. The number of H-pyrrole nitrogens is 3. The minimum absolute atomic E-state index is 0.00705. The van der Waals surface area contributed by atoms with Crippen LogP contribution in [0.4, 0.5) is 0 Å². The number of nitrogens with zero attached hydrogens (tertiary/aromatic N) is 1. The Labute approximate surface area is 297 Å². The first-order valence-corrected chi connectivity index (χ1v) is 19.5. The molecular weight excluding hydrogens is 647 g/mol. The summed E-state index contributed by atoms with van der Waals surface area (Å²) in [7, 11) is 0. The summed E-state index contributed by atoms with van der Waals surface area (Å²) >= 11 is 1.75. The van der Waals surface area contributed by atoms with E-state index in [-0.39, 0.29) is 11.6 Å². The number of aryl methyl sites for hydroxylation is 3. The van der Waals surface area contributed by atoms with Gasteiger partial charge in [0, 0.05) is 35.0 Å². The number of benzene rings is 1. The van der Waals surface area contributed by atoms with Gasteiger partial charge >= 0.3 is 5.69 Å². The molecule has 2 saturated heterocycles. The van der Waals surface area contributed by atoms with Gasteiger partial charge in [-0.25, -0.2) is 4.79 Å². The second-order valence-corrected chi connectivity index (χ2v) is 16.9. The van der Waals surface area contributed by atoms with Crippen molar-refractivity contribution in [3.05, 3.63) is 78.4 Å². The van der Waals surface area contributed by atoms with Gasteiger partial charge in [0.25, 0.3) is 11.5 Å². The lowest BCUT2D eigenvalue weighted by Crippen LogP contribution is -2.45. The molecule has 2 unspecified atom stereocenters. The molecule has 5 heterocycles. The summed E-state index contributed by atoms with van der Waals surface area (Å²) < 4.78 is 0. The summed E-state index contributed by atoms with van der Waals surface area (Å²) in [6.07, 6.45) is 13.3. The largest absolute Gasteiger partial charge is 0.350 e. The van der Waals surface area contributed by atoms with Crippen molar-refractivity contribution >= 4 is 33.4 Å². The number of carbonyl (C=O) groups excluding carboxylic acids is 2. The zero-order valence-electron chi connectivity index (χ0n) is 29.9. The van der Waals surface area contributed by atoms with E-state index >= 15 is 0 Å². The lowest BCUT2D eigenvalue weighted by atomic mass is 9.82. The van der Waals surface area contributed by atoms with Crippen molar-refractivity contribution in [2.45, 2.75) is 122 Å². The number of nitrogens with one attached hydrogen (secondary N) is 4. The first-order chi connectivity index (χ1) is 24.0. The van der Waals surface area contributed by atoms with Crippen LogP contribution in [0.3, 0.4) is 0 Å². The topological polar surface area (TPSA) is 131 Å². The van der Waals surface area contributed by atoms with Crippen LogP contribution in [0.2, 0.25) is 0 Å². The third kappa shape index (κ3) is 7.00. The average molecular weight is 698 g/mol. The highest BCUT2D eigenvalue weighted by molar-refractivity contribution is 7.19. The van der Waals surface area contributed by atoms with Crippen LogP contribution in [0, 0.1) is 25.7 Å². The second-order valence-electron chi connectivity index (χ2n) is 15.9. The molecule has 2 atom stereocenters. The van der Waals surface area contributed by atoms with E-state index < -0.39 is 22.6 Å². The molecule has 2 amide bonds. The molecule has 4 N–H and O–H groups in total. The molecule has 2 bridgehead atoms. The van der Waals surface area contributed by atoms with Crippen molar-refractivity contribution in [3.63, 3.8) is 0 Å². The van der Waals surface area contributed by atoms with Gasteiger partial charge in [-0.05, 0) is 120 Å². The molecule has 266 valence electrons. The predicted molar refractivity (Wildman–Crippen MR) is 200 cm³/mol. The Kier molecular flexibility index (Phi) is 9.67. The second kappa shape index (κ2) is 14.0. The number of rotatable bonds is 9. The smallest absolute Gasteiger partial charge is 0.326 e. The molecular formula is C40H51N5O4S. The van der Waals surface area contributed by atoms with Crippen LogP contribution >= 0.6 is 11.3 Å². The third-order valence-electron chi connectivity index (χ3n) is 11.8. The highest BCUT2D eigenvalue weighted by Gasteiger charge is 2.47. The molecule has 50 heavy (non-hydrogen) atoms. The van der Waals surface area contributed by atoms with E-state index in [1.165, 1.54) is 46.2 Å². The van der Waals surface area contributed by atoms with Gasteiger partial charge < -0.3 is 20.2 Å². The quantitative estimate of drug-likeness (QED) is 0.147. The molecule has 0 spiro atoms. The number of aromatic nitrogens is 3. The first kappa shape index (κ1) is 34.5. The van der Waals surface area contributed by atoms with Gasteiger partial charge in [0.15, 0.2) is 0 Å². The number of amides is 2. The number of hydrogen-bond donors (Lipinski definition) is 4. The normalized spacial score (nSPS) is 22.5. The zero-order chi connectivity index (χ0) is 35.2. The molecule has 4 aromatic rings. The van der Waals surface area contributed by atoms with Crippen LogP contribution in [-0.4, -0.2) is 50.3 Å². The van der Waals surface area contributed by atoms with Crippen LogP contribution in [0.25, 0.3) is 21.5 Å². The molecule has 3 aromatic heterocycles. The molecule has 10 heteroatoms. The lowest BCUT2D eigenvalue weighted by Gasteiger charge is -2.31. The Bertz CT molecular complexity index is 1950. The minimum atomic E-state index is -0.679. The average Bonchev–Trinajstić information content (AvgIpc) is 3.84. The van der Waals surface area contributed by atoms with Gasteiger partial charge in [-0.1, -0.05) is 42.9 Å². The minimum Gasteiger partial charge on any atom is -0.350 e. The van der Waals surface area contributed by atoms with Crippen LogP contribution in [0.5, 0.6) is 0 Å². The number of aromatic amines is 3. The molecule has 3 aliphatic rings. The predicted octanol–water partition coefficient (Wildman–Crippen LogP) is 7.27. The highest BCUT2D eigenvalue weighted by Crippen LogP contribution is 2.45. The van der Waals surface area contributed by atoms with E-state index in [1.807, 2.05) is 0 Å². The van der Waals surface area contributed by atoms with E-state index in [2.05, 4.69) is 77.1 Å². The fraction of sp³-hybridized carbons (Fsp3) is 0.550. The van der Waals surface area contributed by atoms with Gasteiger partial charge in [0.1, 0.15) is 10.5 Å². The first-order valence-electron chi connectivity index (χ1n) is 18.6. The van der Waals surface area contributed by atoms with Crippen molar-refractivity contribution in [2.24, 2.45) is 11.8 Å². The van der Waals surface area contributed by atoms with Gasteiger partial charge in [0.05, 0.1) is 11.1 Å². The molecule has 1 saturated carbocycles. The number of fused-ring (bicyclic) bond motifs is 3. The van der Waals surface area contributed by atoms with E-state index in [4.69, 9.17) is 0 Å². The maximum Gasteiger partial charge on any atom is 0.326 e. The summed E-state index contributed by atoms with van der Waals surface area (Å²) in [5, 5.41) is 4.21. The van der Waals surface area contributed by atoms with Crippen molar-refractivity contribution in [2.75, 3.05) is 6.54 Å². The van der Waals surface area contributed by atoms with E-state index in [0.717, 1.165) is 80.0 Å². The Balaban J connectivity index is 1.08. The molecule has 2 aliphatic heterocycles. The summed E-state index contributed by atoms with van der Waals surface area (Å²) in [4.78, 5) is 62.9.